The van der Waals surface area contributed by atoms with E-state index in [9.17, 15) is 13.6 Å². The Morgan fingerprint density at radius 3 is 2.53 bits per heavy atom. The standard InChI is InChI=1S/C12H13Br2F2NO2/c1-19-6-7(13)2-3-17-12(18)11-9(15)4-8(14)5-10(11)16/h4-5,7H,2-3,6H2,1H3,(H,17,18). The molecule has 1 N–H and O–H groups in total. The van der Waals surface area contributed by atoms with Gasteiger partial charge in [0.15, 0.2) is 0 Å². The molecule has 19 heavy (non-hydrogen) atoms. The molecule has 0 bridgehead atoms. The normalized spacial score (nSPS) is 12.3. The Bertz CT molecular complexity index is 434. The van der Waals surface area contributed by atoms with Crippen LogP contribution in [0.5, 0.6) is 0 Å². The lowest BCUT2D eigenvalue weighted by atomic mass is 10.2. The number of alkyl halides is 1. The molecule has 0 aliphatic carbocycles. The molecule has 1 atom stereocenters. The Morgan fingerprint density at radius 2 is 2.00 bits per heavy atom. The zero-order chi connectivity index (χ0) is 14.4. The largest absolute Gasteiger partial charge is 0.384 e. The maximum Gasteiger partial charge on any atom is 0.257 e. The first-order chi connectivity index (χ1) is 8.95. The van der Waals surface area contributed by atoms with E-state index in [2.05, 4.69) is 37.2 Å². The Morgan fingerprint density at radius 1 is 1.42 bits per heavy atom. The van der Waals surface area contributed by atoms with Gasteiger partial charge in [0.1, 0.15) is 17.2 Å². The van der Waals surface area contributed by atoms with E-state index in [0.29, 0.717) is 19.6 Å². The van der Waals surface area contributed by atoms with Crippen LogP contribution in [0.15, 0.2) is 16.6 Å². The molecule has 106 valence electrons. The summed E-state index contributed by atoms with van der Waals surface area (Å²) in [6, 6.07) is 2.10. The zero-order valence-electron chi connectivity index (χ0n) is 10.2. The summed E-state index contributed by atoms with van der Waals surface area (Å²) in [5.74, 6) is -2.55. The summed E-state index contributed by atoms with van der Waals surface area (Å²) in [5.41, 5.74) is -0.568. The second-order valence-corrected chi connectivity index (χ2v) is 6.05. The smallest absolute Gasteiger partial charge is 0.257 e. The Balaban J connectivity index is 2.59. The van der Waals surface area contributed by atoms with Crippen molar-refractivity contribution >= 4 is 37.8 Å². The molecule has 0 saturated carbocycles. The Kier molecular flexibility index (Phi) is 6.88. The number of carbonyl (C=O) groups is 1. The molecule has 1 amide bonds. The Labute approximate surface area is 127 Å². The van der Waals surface area contributed by atoms with E-state index in [1.54, 1.807) is 7.11 Å². The summed E-state index contributed by atoms with van der Waals surface area (Å²) >= 11 is 6.31. The quantitative estimate of drug-likeness (QED) is 0.744. The number of halogens is 4. The number of ether oxygens (including phenoxy) is 1. The van der Waals surface area contributed by atoms with E-state index in [1.165, 1.54) is 0 Å². The van der Waals surface area contributed by atoms with Crippen molar-refractivity contribution in [2.45, 2.75) is 11.2 Å². The zero-order valence-corrected chi connectivity index (χ0v) is 13.4. The van der Waals surface area contributed by atoms with Crippen molar-refractivity contribution in [3.63, 3.8) is 0 Å². The van der Waals surface area contributed by atoms with Crippen molar-refractivity contribution in [1.82, 2.24) is 5.32 Å². The van der Waals surface area contributed by atoms with Crippen LogP contribution in [0.1, 0.15) is 16.8 Å². The lowest BCUT2D eigenvalue weighted by molar-refractivity contribution is 0.0943. The molecular weight excluding hydrogens is 388 g/mol. The molecule has 0 aliphatic heterocycles. The number of carbonyl (C=O) groups excluding carboxylic acids is 1. The predicted molar refractivity (Wildman–Crippen MR) is 75.6 cm³/mol. The molecule has 0 fully saturated rings. The van der Waals surface area contributed by atoms with Gasteiger partial charge in [-0.25, -0.2) is 8.78 Å². The van der Waals surface area contributed by atoms with Crippen LogP contribution >= 0.6 is 31.9 Å². The van der Waals surface area contributed by atoms with E-state index in [0.717, 1.165) is 12.1 Å². The molecule has 0 aromatic heterocycles. The minimum absolute atomic E-state index is 0.0809. The van der Waals surface area contributed by atoms with E-state index in [4.69, 9.17) is 4.74 Å². The van der Waals surface area contributed by atoms with Crippen LogP contribution in [0.2, 0.25) is 0 Å². The third-order valence-electron chi connectivity index (χ3n) is 2.32. The van der Waals surface area contributed by atoms with Crippen LogP contribution in [-0.2, 0) is 4.74 Å². The fourth-order valence-corrected chi connectivity index (χ4v) is 2.35. The first-order valence-corrected chi connectivity index (χ1v) is 7.22. The molecule has 0 aliphatic rings. The molecule has 0 spiro atoms. The van der Waals surface area contributed by atoms with Gasteiger partial charge in [0.25, 0.3) is 5.91 Å². The van der Waals surface area contributed by atoms with Crippen LogP contribution < -0.4 is 5.32 Å². The van der Waals surface area contributed by atoms with Gasteiger partial charge in [0.05, 0.1) is 6.61 Å². The van der Waals surface area contributed by atoms with Crippen molar-refractivity contribution in [2.24, 2.45) is 0 Å². The fourth-order valence-electron chi connectivity index (χ4n) is 1.45. The Hall–Kier alpha value is -0.530. The monoisotopic (exact) mass is 399 g/mol. The maximum absolute atomic E-state index is 13.5. The molecule has 7 heteroatoms. The third-order valence-corrected chi connectivity index (χ3v) is 3.50. The summed E-state index contributed by atoms with van der Waals surface area (Å²) < 4.78 is 32.2. The van der Waals surface area contributed by atoms with Gasteiger partial charge in [0.2, 0.25) is 0 Å². The number of hydrogen-bond donors (Lipinski definition) is 1. The summed E-state index contributed by atoms with van der Waals surface area (Å²) in [6.07, 6.45) is 0.597. The van der Waals surface area contributed by atoms with E-state index >= 15 is 0 Å². The topological polar surface area (TPSA) is 38.3 Å². The van der Waals surface area contributed by atoms with Gasteiger partial charge in [-0.15, -0.1) is 0 Å². The average Bonchev–Trinajstić information content (AvgIpc) is 2.27. The summed E-state index contributed by atoms with van der Waals surface area (Å²) in [7, 11) is 1.57. The van der Waals surface area contributed by atoms with Crippen molar-refractivity contribution < 1.29 is 18.3 Å². The van der Waals surface area contributed by atoms with Crippen LogP contribution in [0.3, 0.4) is 0 Å². The number of methoxy groups -OCH3 is 1. The van der Waals surface area contributed by atoms with Gasteiger partial charge < -0.3 is 10.1 Å². The molecule has 0 saturated heterocycles. The second-order valence-electron chi connectivity index (χ2n) is 3.84. The first kappa shape index (κ1) is 16.5. The van der Waals surface area contributed by atoms with Crippen LogP contribution in [0.4, 0.5) is 8.78 Å². The van der Waals surface area contributed by atoms with Gasteiger partial charge in [-0.2, -0.15) is 0 Å². The van der Waals surface area contributed by atoms with Crippen molar-refractivity contribution in [1.29, 1.82) is 0 Å². The number of amides is 1. The summed E-state index contributed by atoms with van der Waals surface area (Å²) in [4.78, 5) is 11.8. The highest BCUT2D eigenvalue weighted by Crippen LogP contribution is 2.19. The van der Waals surface area contributed by atoms with E-state index in [-0.39, 0.29) is 9.30 Å². The van der Waals surface area contributed by atoms with E-state index < -0.39 is 23.1 Å². The second kappa shape index (κ2) is 7.91. The molecule has 1 unspecified atom stereocenters. The SMILES string of the molecule is COCC(Br)CCNC(=O)c1c(F)cc(Br)cc1F. The lowest BCUT2D eigenvalue weighted by Gasteiger charge is -2.10. The third kappa shape index (κ3) is 5.16. The van der Waals surface area contributed by atoms with Gasteiger partial charge >= 0.3 is 0 Å². The average molecular weight is 401 g/mol. The molecular formula is C12H13Br2F2NO2. The molecule has 1 aromatic carbocycles. The number of rotatable bonds is 6. The maximum atomic E-state index is 13.5. The predicted octanol–water partition coefficient (Wildman–Crippen LogP) is 3.26. The van der Waals surface area contributed by atoms with Crippen molar-refractivity contribution in [3.05, 3.63) is 33.8 Å². The molecule has 3 nitrogen and oxygen atoms in total. The van der Waals surface area contributed by atoms with Gasteiger partial charge in [-0.1, -0.05) is 31.9 Å². The molecule has 0 heterocycles. The van der Waals surface area contributed by atoms with Crippen LogP contribution in [0, 0.1) is 11.6 Å². The van der Waals surface area contributed by atoms with Crippen LogP contribution in [-0.4, -0.2) is 31.0 Å². The summed E-state index contributed by atoms with van der Waals surface area (Å²) in [6.45, 7) is 0.796. The minimum atomic E-state index is -0.892. The first-order valence-electron chi connectivity index (χ1n) is 5.51. The van der Waals surface area contributed by atoms with E-state index in [1.807, 2.05) is 0 Å². The highest BCUT2D eigenvalue weighted by Gasteiger charge is 2.18. The van der Waals surface area contributed by atoms with Gasteiger partial charge in [0, 0.05) is 23.0 Å². The number of hydrogen-bond acceptors (Lipinski definition) is 2. The van der Waals surface area contributed by atoms with Gasteiger partial charge in [-0.3, -0.25) is 4.79 Å². The van der Waals surface area contributed by atoms with Crippen molar-refractivity contribution in [3.8, 4) is 0 Å². The number of nitrogens with one attached hydrogen (secondary N) is 1. The highest BCUT2D eigenvalue weighted by molar-refractivity contribution is 9.10. The molecule has 1 rings (SSSR count). The van der Waals surface area contributed by atoms with Crippen LogP contribution in [0.25, 0.3) is 0 Å². The summed E-state index contributed by atoms with van der Waals surface area (Å²) in [5, 5.41) is 2.47. The fraction of sp³-hybridized carbons (Fsp3) is 0.417. The number of benzene rings is 1. The molecule has 0 radical (unpaired) electrons. The minimum Gasteiger partial charge on any atom is -0.384 e. The van der Waals surface area contributed by atoms with Gasteiger partial charge in [-0.05, 0) is 18.6 Å². The lowest BCUT2D eigenvalue weighted by Crippen LogP contribution is -2.28. The van der Waals surface area contributed by atoms with Crippen molar-refractivity contribution in [2.75, 3.05) is 20.3 Å². The highest BCUT2D eigenvalue weighted by atomic mass is 79.9. The molecule has 1 aromatic rings.